The lowest BCUT2D eigenvalue weighted by Crippen LogP contribution is -2.52. The summed E-state index contributed by atoms with van der Waals surface area (Å²) in [5.74, 6) is -0.923. The number of nitrogens with zero attached hydrogens (tertiary/aromatic N) is 3. The molecule has 2 aliphatic carbocycles. The van der Waals surface area contributed by atoms with Crippen LogP contribution in [0.25, 0.3) is 22.3 Å². The Morgan fingerprint density at radius 2 is 1.81 bits per heavy atom. The number of carbonyl (C=O) groups is 1. The third kappa shape index (κ3) is 7.45. The van der Waals surface area contributed by atoms with E-state index in [0.29, 0.717) is 28.1 Å². The van der Waals surface area contributed by atoms with Crippen LogP contribution in [0.1, 0.15) is 58.4 Å². The molecule has 7 rings (SSSR count). The van der Waals surface area contributed by atoms with Crippen LogP contribution in [-0.4, -0.2) is 44.3 Å². The van der Waals surface area contributed by atoms with Gasteiger partial charge in [0.15, 0.2) is 0 Å². The van der Waals surface area contributed by atoms with E-state index in [1.165, 1.54) is 24.2 Å². The van der Waals surface area contributed by atoms with E-state index in [9.17, 15) is 20.3 Å². The zero-order chi connectivity index (χ0) is 37.3. The molecule has 0 fully saturated rings. The number of fused-ring (bicyclic) bond motifs is 2. The Labute approximate surface area is 317 Å². The van der Waals surface area contributed by atoms with E-state index < -0.39 is 18.1 Å². The summed E-state index contributed by atoms with van der Waals surface area (Å²) in [6.45, 7) is 0.722. The van der Waals surface area contributed by atoms with Crippen molar-refractivity contribution >= 4 is 29.2 Å². The number of benzene rings is 3. The molecule has 3 aromatic carbocycles. The summed E-state index contributed by atoms with van der Waals surface area (Å²) in [6, 6.07) is 24.2. The summed E-state index contributed by atoms with van der Waals surface area (Å²) >= 11 is 14.0. The quantitative estimate of drug-likeness (QED) is 0.105. The molecule has 0 amide bonds. The molecule has 2 aliphatic rings. The third-order valence-electron chi connectivity index (χ3n) is 9.98. The van der Waals surface area contributed by atoms with Gasteiger partial charge in [-0.05, 0) is 78.1 Å². The number of aliphatic hydroxyl groups is 1. The van der Waals surface area contributed by atoms with Crippen molar-refractivity contribution in [3.05, 3.63) is 128 Å². The number of rotatable bonds is 12. The molecule has 12 heteroatoms. The molecule has 2 heterocycles. The number of nitrogens with one attached hydrogen (secondary N) is 1. The number of carboxylic acid groups (broad SMARTS) is 1. The molecule has 0 aliphatic heterocycles. The van der Waals surface area contributed by atoms with Gasteiger partial charge in [0.25, 0.3) is 0 Å². The number of aliphatic hydroxyl groups excluding tert-OH is 1. The number of hydrogen-bond acceptors (Lipinski definition) is 9. The molecule has 0 saturated heterocycles. The maximum atomic E-state index is 11.8. The summed E-state index contributed by atoms with van der Waals surface area (Å²) in [5, 5.41) is 32.5. The topological polar surface area (TPSA) is 164 Å². The van der Waals surface area contributed by atoms with Crippen molar-refractivity contribution in [2.75, 3.05) is 6.61 Å². The van der Waals surface area contributed by atoms with Gasteiger partial charge < -0.3 is 25.4 Å². The summed E-state index contributed by atoms with van der Waals surface area (Å²) in [4.78, 5) is 20.6. The van der Waals surface area contributed by atoms with Crippen molar-refractivity contribution < 1.29 is 24.5 Å². The largest absolute Gasteiger partial charge is 0.480 e. The first kappa shape index (κ1) is 36.3. The smallest absolute Gasteiger partial charge is 0.326 e. The number of aliphatic carboxylic acids is 1. The van der Waals surface area contributed by atoms with E-state index in [1.807, 2.05) is 30.3 Å². The molecule has 0 spiro atoms. The van der Waals surface area contributed by atoms with Crippen LogP contribution in [-0.2, 0) is 37.2 Å². The zero-order valence-electron chi connectivity index (χ0n) is 28.9. The van der Waals surface area contributed by atoms with E-state index in [0.717, 1.165) is 52.6 Å². The maximum absolute atomic E-state index is 11.8. The Bertz CT molecular complexity index is 2260. The van der Waals surface area contributed by atoms with E-state index in [1.54, 1.807) is 18.3 Å². The highest BCUT2D eigenvalue weighted by molar-refractivity contribution is 6.36. The van der Waals surface area contributed by atoms with Gasteiger partial charge in [0.05, 0.1) is 17.2 Å². The number of halogens is 2. The minimum absolute atomic E-state index is 0.0221. The average molecular weight is 751 g/mol. The molecule has 5 aromatic rings. The molecule has 0 radical (unpaired) electrons. The van der Waals surface area contributed by atoms with Gasteiger partial charge in [0, 0.05) is 47.2 Å². The Morgan fingerprint density at radius 1 is 1.04 bits per heavy atom. The predicted octanol–water partition coefficient (Wildman–Crippen LogP) is 6.99. The normalized spacial score (nSPS) is 17.1. The molecule has 2 aromatic heterocycles. The predicted molar refractivity (Wildman–Crippen MR) is 202 cm³/mol. The second kappa shape index (κ2) is 15.1. The van der Waals surface area contributed by atoms with Gasteiger partial charge in [-0.25, -0.2) is 0 Å². The van der Waals surface area contributed by atoms with Crippen molar-refractivity contribution in [2.45, 2.75) is 63.4 Å². The first-order chi connectivity index (χ1) is 25.6. The fraction of sp³-hybridized carbons (Fsp3) is 0.268. The van der Waals surface area contributed by atoms with Crippen LogP contribution in [0.15, 0.2) is 79.1 Å². The molecule has 270 valence electrons. The molecular weight excluding hydrogens is 713 g/mol. The maximum Gasteiger partial charge on any atom is 0.326 e. The zero-order valence-corrected chi connectivity index (χ0v) is 30.4. The third-order valence-corrected chi connectivity index (χ3v) is 10.7. The molecule has 0 unspecified atom stereocenters. The fourth-order valence-electron chi connectivity index (χ4n) is 7.01. The highest BCUT2D eigenvalue weighted by atomic mass is 35.5. The number of pyridine rings is 2. The van der Waals surface area contributed by atoms with Gasteiger partial charge in [-0.1, -0.05) is 77.8 Å². The SMILES string of the molecule is C[C@@](CO)(NCc1cc(Cl)c(O[C@H]2CCc3c(-c4cccc(-c5ccc6c(c5)C[C@H](N)C6)c4Cl)cccc32)nc1OCc1cncc(C#N)c1)C(=O)O. The van der Waals surface area contributed by atoms with Crippen molar-refractivity contribution in [1.82, 2.24) is 15.3 Å². The van der Waals surface area contributed by atoms with Crippen LogP contribution < -0.4 is 20.5 Å². The highest BCUT2D eigenvalue weighted by Crippen LogP contribution is 2.45. The number of nitrogens with two attached hydrogens (primary N) is 1. The van der Waals surface area contributed by atoms with E-state index >= 15 is 0 Å². The standard InChI is InChI=1S/C41H37Cl2N5O5/c1-41(22-49,40(50)51)47-20-28-16-35(42)39(48-38(28)52-21-24-12-23(17-44)18-46-19-24)53-36-11-10-32-31(5-3-6-33(32)36)34-7-2-4-30(37(34)43)26-9-8-25-14-29(45)15-27(25)13-26/h2-9,12-13,16,18-19,29,36,47,49H,10-11,14-15,20-22,45H2,1H3,(H,50,51)/t29-,36+,41+/m1/s1. The summed E-state index contributed by atoms with van der Waals surface area (Å²) in [5.41, 5.74) is 14.8. The van der Waals surface area contributed by atoms with E-state index in [4.69, 9.17) is 38.4 Å². The van der Waals surface area contributed by atoms with Crippen molar-refractivity contribution in [2.24, 2.45) is 5.73 Å². The highest BCUT2D eigenvalue weighted by Gasteiger charge is 2.33. The minimum atomic E-state index is -1.62. The van der Waals surface area contributed by atoms with Crippen molar-refractivity contribution in [3.63, 3.8) is 0 Å². The van der Waals surface area contributed by atoms with Gasteiger partial charge in [-0.15, -0.1) is 0 Å². The second-order valence-corrected chi connectivity index (χ2v) is 14.5. The molecule has 0 bridgehead atoms. The van der Waals surface area contributed by atoms with E-state index in [-0.39, 0.29) is 42.1 Å². The monoisotopic (exact) mass is 749 g/mol. The summed E-state index contributed by atoms with van der Waals surface area (Å²) < 4.78 is 12.6. The van der Waals surface area contributed by atoms with Crippen LogP contribution in [0.4, 0.5) is 0 Å². The van der Waals surface area contributed by atoms with Crippen LogP contribution in [0.3, 0.4) is 0 Å². The molecule has 10 nitrogen and oxygen atoms in total. The van der Waals surface area contributed by atoms with Gasteiger partial charge in [0.2, 0.25) is 11.8 Å². The number of hydrogen-bond donors (Lipinski definition) is 4. The first-order valence-corrected chi connectivity index (χ1v) is 18.0. The van der Waals surface area contributed by atoms with Gasteiger partial charge in [-0.2, -0.15) is 10.2 Å². The molecule has 5 N–H and O–H groups in total. The molecule has 3 atom stereocenters. The fourth-order valence-corrected chi connectivity index (χ4v) is 7.56. The minimum Gasteiger partial charge on any atom is -0.480 e. The molecule has 0 saturated carbocycles. The number of ether oxygens (including phenoxy) is 2. The summed E-state index contributed by atoms with van der Waals surface area (Å²) in [6.07, 6.45) is 5.84. The lowest BCUT2D eigenvalue weighted by molar-refractivity contribution is -0.145. The lowest BCUT2D eigenvalue weighted by atomic mass is 9.93. The Kier molecular flexibility index (Phi) is 10.4. The van der Waals surface area contributed by atoms with Crippen LogP contribution in [0.5, 0.6) is 11.8 Å². The Hall–Kier alpha value is -5.02. The molecular formula is C41H37Cl2N5O5. The average Bonchev–Trinajstić information content (AvgIpc) is 3.76. The number of nitriles is 1. The van der Waals surface area contributed by atoms with E-state index in [2.05, 4.69) is 45.6 Å². The first-order valence-electron chi connectivity index (χ1n) is 17.3. The van der Waals surface area contributed by atoms with Crippen molar-refractivity contribution in [3.8, 4) is 40.1 Å². The number of aromatic nitrogens is 2. The van der Waals surface area contributed by atoms with Gasteiger partial charge in [-0.3, -0.25) is 15.1 Å². The lowest BCUT2D eigenvalue weighted by Gasteiger charge is -2.24. The van der Waals surface area contributed by atoms with Gasteiger partial charge in [0.1, 0.15) is 29.3 Å². The Balaban J connectivity index is 1.17. The van der Waals surface area contributed by atoms with Crippen molar-refractivity contribution in [1.29, 1.82) is 5.26 Å². The second-order valence-electron chi connectivity index (χ2n) is 13.7. The van der Waals surface area contributed by atoms with Gasteiger partial charge >= 0.3 is 5.97 Å². The summed E-state index contributed by atoms with van der Waals surface area (Å²) in [7, 11) is 0. The van der Waals surface area contributed by atoms with Crippen LogP contribution in [0, 0.1) is 11.3 Å². The Morgan fingerprint density at radius 3 is 2.60 bits per heavy atom. The number of carboxylic acids is 1. The van der Waals surface area contributed by atoms with Crippen LogP contribution >= 0.6 is 23.2 Å². The molecule has 53 heavy (non-hydrogen) atoms. The van der Waals surface area contributed by atoms with Crippen LogP contribution in [0.2, 0.25) is 10.0 Å².